The molecule has 0 aliphatic rings. The Morgan fingerprint density at radius 1 is 1.38 bits per heavy atom. The average Bonchev–Trinajstić information content (AvgIpc) is 2.16. The van der Waals surface area contributed by atoms with Crippen molar-refractivity contribution in [3.63, 3.8) is 0 Å². The molecule has 0 bridgehead atoms. The zero-order chi connectivity index (χ0) is 12.2. The number of carbonyl (C=O) groups is 1. The van der Waals surface area contributed by atoms with Gasteiger partial charge in [0.2, 0.25) is 5.91 Å². The summed E-state index contributed by atoms with van der Waals surface area (Å²) in [5, 5.41) is 3.01. The monoisotopic (exact) mass is 220 g/mol. The normalized spacial score (nSPS) is 11.4. The molecule has 3 N–H and O–H groups in total. The van der Waals surface area contributed by atoms with Crippen LogP contribution in [0.15, 0.2) is 24.3 Å². The Balaban J connectivity index is 2.64. The highest BCUT2D eigenvalue weighted by Crippen LogP contribution is 2.22. The van der Waals surface area contributed by atoms with Gasteiger partial charge in [-0.1, -0.05) is 45.0 Å². The summed E-state index contributed by atoms with van der Waals surface area (Å²) in [6.45, 7) is 7.45. The summed E-state index contributed by atoms with van der Waals surface area (Å²) in [5.74, 6) is -0.327. The van der Waals surface area contributed by atoms with E-state index in [1.807, 2.05) is 12.1 Å². The summed E-state index contributed by atoms with van der Waals surface area (Å²) in [5.41, 5.74) is 7.68. The highest BCUT2D eigenvalue weighted by molar-refractivity contribution is 5.75. The van der Waals surface area contributed by atoms with E-state index in [9.17, 15) is 4.79 Å². The Morgan fingerprint density at radius 2 is 2.06 bits per heavy atom. The highest BCUT2D eigenvalue weighted by Gasteiger charge is 2.13. The molecule has 0 atom stereocenters. The summed E-state index contributed by atoms with van der Waals surface area (Å²) in [6, 6.07) is 8.37. The van der Waals surface area contributed by atoms with E-state index in [4.69, 9.17) is 5.73 Å². The molecule has 0 spiro atoms. The third kappa shape index (κ3) is 4.03. The Morgan fingerprint density at radius 3 is 2.62 bits per heavy atom. The summed E-state index contributed by atoms with van der Waals surface area (Å²) >= 11 is 0. The fraction of sp³-hybridized carbons (Fsp3) is 0.462. The molecule has 1 amide bonds. The fourth-order valence-electron chi connectivity index (χ4n) is 1.48. The van der Waals surface area contributed by atoms with Crippen LogP contribution >= 0.6 is 0 Å². The van der Waals surface area contributed by atoms with Gasteiger partial charge in [-0.15, -0.1) is 0 Å². The molecule has 0 aromatic heterocycles. The van der Waals surface area contributed by atoms with E-state index in [1.54, 1.807) is 0 Å². The molecule has 0 aliphatic carbocycles. The first kappa shape index (κ1) is 12.7. The number of rotatable bonds is 4. The molecule has 0 fully saturated rings. The van der Waals surface area contributed by atoms with Crippen molar-refractivity contribution in [1.82, 2.24) is 5.32 Å². The first-order valence-corrected chi connectivity index (χ1v) is 5.48. The van der Waals surface area contributed by atoms with Gasteiger partial charge in [0.15, 0.2) is 0 Å². The van der Waals surface area contributed by atoms with Crippen LogP contribution in [0, 0.1) is 0 Å². The van der Waals surface area contributed by atoms with E-state index in [1.165, 1.54) is 11.1 Å². The van der Waals surface area contributed by atoms with Crippen LogP contribution in [-0.4, -0.2) is 12.5 Å². The quantitative estimate of drug-likeness (QED) is 0.809. The van der Waals surface area contributed by atoms with Crippen molar-refractivity contribution in [2.24, 2.45) is 5.73 Å². The molecule has 0 saturated carbocycles. The van der Waals surface area contributed by atoms with Gasteiger partial charge in [-0.05, 0) is 16.5 Å². The van der Waals surface area contributed by atoms with Gasteiger partial charge in [-0.2, -0.15) is 0 Å². The van der Waals surface area contributed by atoms with Crippen LogP contribution in [0.25, 0.3) is 0 Å². The number of hydrogen-bond donors (Lipinski definition) is 2. The maximum atomic E-state index is 10.6. The van der Waals surface area contributed by atoms with Crippen molar-refractivity contribution in [2.45, 2.75) is 32.7 Å². The second-order valence-corrected chi connectivity index (χ2v) is 5.02. The van der Waals surface area contributed by atoms with E-state index < -0.39 is 0 Å². The summed E-state index contributed by atoms with van der Waals surface area (Å²) in [4.78, 5) is 10.6. The molecule has 1 aromatic rings. The van der Waals surface area contributed by atoms with Crippen molar-refractivity contribution in [3.05, 3.63) is 35.4 Å². The SMILES string of the molecule is CC(C)(C)c1cccc(CNCC(N)=O)c1. The van der Waals surface area contributed by atoms with E-state index in [2.05, 4.69) is 38.2 Å². The molecule has 0 radical (unpaired) electrons. The van der Waals surface area contributed by atoms with Gasteiger partial charge in [-0.25, -0.2) is 0 Å². The predicted molar refractivity (Wildman–Crippen MR) is 66.0 cm³/mol. The van der Waals surface area contributed by atoms with Crippen molar-refractivity contribution in [1.29, 1.82) is 0 Å². The highest BCUT2D eigenvalue weighted by atomic mass is 16.1. The molecule has 0 heterocycles. The van der Waals surface area contributed by atoms with Crippen LogP contribution in [0.2, 0.25) is 0 Å². The molecule has 0 unspecified atom stereocenters. The molecule has 1 aromatic carbocycles. The topological polar surface area (TPSA) is 55.1 Å². The molecule has 0 aliphatic heterocycles. The number of nitrogens with two attached hydrogens (primary N) is 1. The summed E-state index contributed by atoms with van der Waals surface area (Å²) in [6.07, 6.45) is 0. The van der Waals surface area contributed by atoms with Gasteiger partial charge in [0, 0.05) is 6.54 Å². The Bertz CT molecular complexity index is 366. The lowest BCUT2D eigenvalue weighted by Crippen LogP contribution is -2.28. The maximum absolute atomic E-state index is 10.6. The molecule has 88 valence electrons. The van der Waals surface area contributed by atoms with E-state index >= 15 is 0 Å². The van der Waals surface area contributed by atoms with Crippen LogP contribution < -0.4 is 11.1 Å². The Kier molecular flexibility index (Phi) is 4.07. The number of hydrogen-bond acceptors (Lipinski definition) is 2. The van der Waals surface area contributed by atoms with E-state index in [-0.39, 0.29) is 17.9 Å². The average molecular weight is 220 g/mol. The molecule has 3 nitrogen and oxygen atoms in total. The Labute approximate surface area is 97.0 Å². The number of amides is 1. The largest absolute Gasteiger partial charge is 0.369 e. The van der Waals surface area contributed by atoms with E-state index in [0.717, 1.165) is 0 Å². The van der Waals surface area contributed by atoms with Crippen molar-refractivity contribution < 1.29 is 4.79 Å². The minimum atomic E-state index is -0.327. The smallest absolute Gasteiger partial charge is 0.231 e. The third-order valence-corrected chi connectivity index (χ3v) is 2.42. The molecular formula is C13H20N2O. The van der Waals surface area contributed by atoms with Crippen LogP contribution in [0.1, 0.15) is 31.9 Å². The third-order valence-electron chi connectivity index (χ3n) is 2.42. The molecule has 16 heavy (non-hydrogen) atoms. The lowest BCUT2D eigenvalue weighted by molar-refractivity contribution is -0.117. The van der Waals surface area contributed by atoms with Crippen LogP contribution in [-0.2, 0) is 16.8 Å². The first-order chi connectivity index (χ1) is 7.39. The Hall–Kier alpha value is -1.35. The summed E-state index contributed by atoms with van der Waals surface area (Å²) < 4.78 is 0. The maximum Gasteiger partial charge on any atom is 0.231 e. The standard InChI is InChI=1S/C13H20N2O/c1-13(2,3)11-6-4-5-10(7-11)8-15-9-12(14)16/h4-7,15H,8-9H2,1-3H3,(H2,14,16). The molecular weight excluding hydrogens is 200 g/mol. The van der Waals surface area contributed by atoms with Gasteiger partial charge >= 0.3 is 0 Å². The van der Waals surface area contributed by atoms with Crippen molar-refractivity contribution >= 4 is 5.91 Å². The molecule has 1 rings (SSSR count). The van der Waals surface area contributed by atoms with Crippen LogP contribution in [0.3, 0.4) is 0 Å². The number of carbonyl (C=O) groups excluding carboxylic acids is 1. The van der Waals surface area contributed by atoms with Gasteiger partial charge in [0.05, 0.1) is 6.54 Å². The lowest BCUT2D eigenvalue weighted by Gasteiger charge is -2.19. The minimum Gasteiger partial charge on any atom is -0.369 e. The van der Waals surface area contributed by atoms with Crippen LogP contribution in [0.4, 0.5) is 0 Å². The lowest BCUT2D eigenvalue weighted by atomic mass is 9.86. The van der Waals surface area contributed by atoms with Crippen molar-refractivity contribution in [2.75, 3.05) is 6.54 Å². The second-order valence-electron chi connectivity index (χ2n) is 5.02. The predicted octanol–water partition coefficient (Wildman–Crippen LogP) is 1.56. The van der Waals surface area contributed by atoms with Crippen molar-refractivity contribution in [3.8, 4) is 0 Å². The number of primary amides is 1. The van der Waals surface area contributed by atoms with Gasteiger partial charge < -0.3 is 11.1 Å². The summed E-state index contributed by atoms with van der Waals surface area (Å²) in [7, 11) is 0. The van der Waals surface area contributed by atoms with Crippen LogP contribution in [0.5, 0.6) is 0 Å². The van der Waals surface area contributed by atoms with Gasteiger partial charge in [-0.3, -0.25) is 4.79 Å². The zero-order valence-electron chi connectivity index (χ0n) is 10.2. The minimum absolute atomic E-state index is 0.152. The number of benzene rings is 1. The van der Waals surface area contributed by atoms with E-state index in [0.29, 0.717) is 6.54 Å². The number of nitrogens with one attached hydrogen (secondary N) is 1. The first-order valence-electron chi connectivity index (χ1n) is 5.48. The molecule has 0 saturated heterocycles. The fourth-order valence-corrected chi connectivity index (χ4v) is 1.48. The second kappa shape index (κ2) is 5.12. The molecule has 3 heteroatoms. The van der Waals surface area contributed by atoms with Gasteiger partial charge in [0.1, 0.15) is 0 Å². The zero-order valence-corrected chi connectivity index (χ0v) is 10.2. The van der Waals surface area contributed by atoms with Gasteiger partial charge in [0.25, 0.3) is 0 Å².